The van der Waals surface area contributed by atoms with Crippen molar-refractivity contribution in [3.05, 3.63) is 64.3 Å². The maximum atomic E-state index is 13.1. The number of pyridine rings is 3. The molecule has 0 saturated carbocycles. The smallest absolute Gasteiger partial charge is 0.286 e. The lowest BCUT2D eigenvalue weighted by Gasteiger charge is -2.13. The number of methoxy groups -OCH3 is 2. The molecule has 4 heterocycles. The fourth-order valence-corrected chi connectivity index (χ4v) is 3.84. The molecule has 4 aromatic heterocycles. The number of carbonyl (C=O) groups is 2. The van der Waals surface area contributed by atoms with E-state index in [0.717, 1.165) is 11.3 Å². The Balaban J connectivity index is 1.54. The molecule has 0 unspecified atom stereocenters. The third-order valence-electron chi connectivity index (χ3n) is 4.67. The largest absolute Gasteiger partial charge is 0.494 e. The van der Waals surface area contributed by atoms with E-state index in [1.165, 1.54) is 32.8 Å². The van der Waals surface area contributed by atoms with Gasteiger partial charge in [-0.05, 0) is 25.1 Å². The number of carbonyl (C=O) groups excluding carboxylic acids is 2. The van der Waals surface area contributed by atoms with Crippen molar-refractivity contribution in [3.8, 4) is 22.8 Å². The van der Waals surface area contributed by atoms with E-state index in [1.54, 1.807) is 31.2 Å². The lowest BCUT2D eigenvalue weighted by Crippen LogP contribution is -2.14. The Hall–Kier alpha value is -4.16. The van der Waals surface area contributed by atoms with E-state index in [1.807, 2.05) is 0 Å². The molecule has 0 aliphatic rings. The Bertz CT molecular complexity index is 1400. The van der Waals surface area contributed by atoms with Crippen LogP contribution < -0.4 is 20.1 Å². The van der Waals surface area contributed by atoms with Crippen molar-refractivity contribution in [2.24, 2.45) is 0 Å². The number of aromatic nitrogens is 5. The number of nitrogens with one attached hydrogen (secondary N) is 2. The Morgan fingerprint density at radius 3 is 2.46 bits per heavy atom. The lowest BCUT2D eigenvalue weighted by molar-refractivity contribution is 0.101. The molecular weight excluding hydrogens is 494 g/mol. The van der Waals surface area contributed by atoms with Crippen LogP contribution in [0.5, 0.6) is 11.6 Å². The molecule has 11 nitrogen and oxygen atoms in total. The van der Waals surface area contributed by atoms with Crippen LogP contribution in [0.1, 0.15) is 25.9 Å². The van der Waals surface area contributed by atoms with Crippen LogP contribution in [0.25, 0.3) is 11.1 Å². The van der Waals surface area contributed by atoms with Crippen LogP contribution in [-0.2, 0) is 0 Å². The van der Waals surface area contributed by atoms with Gasteiger partial charge in [0.2, 0.25) is 16.0 Å². The number of rotatable bonds is 7. The highest BCUT2D eigenvalue weighted by molar-refractivity contribution is 7.17. The minimum absolute atomic E-state index is 0.0564. The van der Waals surface area contributed by atoms with Gasteiger partial charge in [-0.25, -0.2) is 9.97 Å². The van der Waals surface area contributed by atoms with Gasteiger partial charge in [0.25, 0.3) is 11.8 Å². The van der Waals surface area contributed by atoms with Crippen molar-refractivity contribution in [1.82, 2.24) is 25.1 Å². The topological polar surface area (TPSA) is 141 Å². The molecule has 0 saturated heterocycles. The van der Waals surface area contributed by atoms with Gasteiger partial charge in [-0.2, -0.15) is 0 Å². The molecule has 0 spiro atoms. The van der Waals surface area contributed by atoms with Crippen molar-refractivity contribution in [1.29, 1.82) is 0 Å². The van der Waals surface area contributed by atoms with Crippen molar-refractivity contribution in [2.45, 2.75) is 6.92 Å². The summed E-state index contributed by atoms with van der Waals surface area (Å²) in [6.45, 7) is 1.80. The first-order valence-electron chi connectivity index (χ1n) is 10.0. The number of ether oxygens (including phenoxy) is 2. The molecule has 2 amide bonds. The number of amides is 2. The van der Waals surface area contributed by atoms with Gasteiger partial charge < -0.3 is 14.8 Å². The maximum absolute atomic E-state index is 13.1. The van der Waals surface area contributed by atoms with Crippen molar-refractivity contribution in [2.75, 3.05) is 24.9 Å². The Labute approximate surface area is 208 Å². The highest BCUT2D eigenvalue weighted by Crippen LogP contribution is 2.34. The minimum Gasteiger partial charge on any atom is -0.494 e. The zero-order valence-corrected chi connectivity index (χ0v) is 20.3. The number of hydrogen-bond acceptors (Lipinski definition) is 10. The van der Waals surface area contributed by atoms with E-state index in [4.69, 9.17) is 21.1 Å². The second-order valence-corrected chi connectivity index (χ2v) is 8.35. The normalized spacial score (nSPS) is 10.5. The first kappa shape index (κ1) is 24.0. The summed E-state index contributed by atoms with van der Waals surface area (Å²) < 4.78 is 10.4. The average Bonchev–Trinajstić information content (AvgIpc) is 3.33. The predicted octanol–water partition coefficient (Wildman–Crippen LogP) is 3.87. The third-order valence-corrected chi connectivity index (χ3v) is 5.72. The van der Waals surface area contributed by atoms with E-state index < -0.39 is 11.8 Å². The molecule has 0 radical (unpaired) electrons. The van der Waals surface area contributed by atoms with Crippen LogP contribution in [0.2, 0.25) is 5.15 Å². The van der Waals surface area contributed by atoms with Crippen LogP contribution >= 0.6 is 22.9 Å². The predicted molar refractivity (Wildman–Crippen MR) is 130 cm³/mol. The van der Waals surface area contributed by atoms with E-state index in [9.17, 15) is 9.59 Å². The molecule has 35 heavy (non-hydrogen) atoms. The highest BCUT2D eigenvalue weighted by atomic mass is 35.5. The summed E-state index contributed by atoms with van der Waals surface area (Å²) in [5.74, 6) is -0.133. The van der Waals surface area contributed by atoms with Crippen LogP contribution in [0.15, 0.2) is 42.9 Å². The molecule has 4 rings (SSSR count). The van der Waals surface area contributed by atoms with Crippen molar-refractivity contribution < 1.29 is 19.1 Å². The van der Waals surface area contributed by atoms with E-state index in [0.29, 0.717) is 34.1 Å². The minimum atomic E-state index is -0.496. The number of hydrogen-bond donors (Lipinski definition) is 2. The van der Waals surface area contributed by atoms with Gasteiger partial charge in [-0.15, -0.1) is 10.2 Å². The molecule has 178 valence electrons. The fourth-order valence-electron chi connectivity index (χ4n) is 3.04. The number of aryl methyl sites for hydroxylation is 1. The lowest BCUT2D eigenvalue weighted by atomic mass is 10.0. The molecule has 13 heteroatoms. The van der Waals surface area contributed by atoms with Crippen molar-refractivity contribution in [3.63, 3.8) is 0 Å². The van der Waals surface area contributed by atoms with Crippen LogP contribution in [-0.4, -0.2) is 51.2 Å². The molecular formula is C22H18ClN7O4S. The molecule has 0 atom stereocenters. The van der Waals surface area contributed by atoms with Gasteiger partial charge in [-0.3, -0.25) is 19.9 Å². The zero-order chi connectivity index (χ0) is 24.9. The monoisotopic (exact) mass is 511 g/mol. The summed E-state index contributed by atoms with van der Waals surface area (Å²) in [6.07, 6.45) is 4.37. The van der Waals surface area contributed by atoms with Gasteiger partial charge >= 0.3 is 0 Å². The summed E-state index contributed by atoms with van der Waals surface area (Å²) in [5, 5.41) is 13.5. The van der Waals surface area contributed by atoms with Gasteiger partial charge in [0, 0.05) is 29.1 Å². The molecule has 0 fully saturated rings. The van der Waals surface area contributed by atoms with E-state index in [-0.39, 0.29) is 20.9 Å². The number of anilines is 2. The summed E-state index contributed by atoms with van der Waals surface area (Å²) in [4.78, 5) is 37.9. The van der Waals surface area contributed by atoms with Crippen LogP contribution in [0.4, 0.5) is 10.8 Å². The maximum Gasteiger partial charge on any atom is 0.286 e. The second-order valence-electron chi connectivity index (χ2n) is 6.99. The summed E-state index contributed by atoms with van der Waals surface area (Å²) >= 11 is 7.00. The highest BCUT2D eigenvalue weighted by Gasteiger charge is 2.20. The van der Waals surface area contributed by atoms with Gasteiger partial charge in [-0.1, -0.05) is 22.9 Å². The van der Waals surface area contributed by atoms with Crippen LogP contribution in [0.3, 0.4) is 0 Å². The number of nitrogens with zero attached hydrogens (tertiary/aromatic N) is 5. The van der Waals surface area contributed by atoms with Crippen molar-refractivity contribution >= 4 is 45.6 Å². The van der Waals surface area contributed by atoms with E-state index in [2.05, 4.69) is 35.8 Å². The quantitative estimate of drug-likeness (QED) is 0.353. The first-order chi connectivity index (χ1) is 16.9. The Morgan fingerprint density at radius 1 is 0.914 bits per heavy atom. The molecule has 0 bridgehead atoms. The van der Waals surface area contributed by atoms with Gasteiger partial charge in [0.1, 0.15) is 10.9 Å². The van der Waals surface area contributed by atoms with Gasteiger partial charge in [0.15, 0.2) is 0 Å². The average molecular weight is 512 g/mol. The van der Waals surface area contributed by atoms with E-state index >= 15 is 0 Å². The fraction of sp³-hybridized carbons (Fsp3) is 0.136. The molecule has 2 N–H and O–H groups in total. The zero-order valence-electron chi connectivity index (χ0n) is 18.7. The number of halogens is 1. The Kier molecular flexibility index (Phi) is 7.13. The second kappa shape index (κ2) is 10.4. The van der Waals surface area contributed by atoms with Crippen LogP contribution in [0, 0.1) is 6.92 Å². The van der Waals surface area contributed by atoms with Gasteiger partial charge in [0.05, 0.1) is 37.9 Å². The summed E-state index contributed by atoms with van der Waals surface area (Å²) in [5.41, 5.74) is 2.52. The Morgan fingerprint density at radius 2 is 1.74 bits per heavy atom. The molecule has 0 aliphatic carbocycles. The summed E-state index contributed by atoms with van der Waals surface area (Å²) in [6, 6.07) is 6.59. The first-order valence-corrected chi connectivity index (χ1v) is 11.2. The third kappa shape index (κ3) is 5.50. The molecule has 0 aromatic carbocycles. The molecule has 4 aromatic rings. The summed E-state index contributed by atoms with van der Waals surface area (Å²) in [7, 11) is 2.99. The molecule has 0 aliphatic heterocycles. The SMILES string of the molecule is COc1ccc(NC(=O)c2nnc(NC(=O)c3cnc(C)cc3-c3cc(Cl)ncc3OC)s2)cn1. The standard InChI is InChI=1S/C22H18ClN7O4S/c1-11-6-13(14-7-17(23)25-10-16(14)33-2)15(9-24-11)19(31)28-22-30-29-21(35-22)20(32)27-12-4-5-18(34-3)26-8-12/h4-10H,1-3H3,(H,27,32)(H,28,30,31).